The van der Waals surface area contributed by atoms with E-state index in [1.165, 1.54) is 0 Å². The Hall–Kier alpha value is -2.54. The van der Waals surface area contributed by atoms with Crippen LogP contribution in [0, 0.1) is 0 Å². The molecule has 0 aliphatic carbocycles. The fourth-order valence-corrected chi connectivity index (χ4v) is 2.88. The van der Waals surface area contributed by atoms with Crippen LogP contribution in [0.1, 0.15) is 20.3 Å². The molecule has 3 rings (SSSR count). The lowest BCUT2D eigenvalue weighted by Crippen LogP contribution is -2.41. The highest BCUT2D eigenvalue weighted by molar-refractivity contribution is 5.99. The molecule has 1 aromatic heterocycles. The Morgan fingerprint density at radius 1 is 1.28 bits per heavy atom. The van der Waals surface area contributed by atoms with Gasteiger partial charge in [0.15, 0.2) is 0 Å². The first kappa shape index (κ1) is 17.3. The fraction of sp³-hybridized carbons (Fsp3) is 0.444. The lowest BCUT2D eigenvalue weighted by atomic mass is 10.2. The van der Waals surface area contributed by atoms with Crippen LogP contribution >= 0.6 is 0 Å². The first-order valence-corrected chi connectivity index (χ1v) is 8.71. The van der Waals surface area contributed by atoms with E-state index in [2.05, 4.69) is 34.5 Å². The quantitative estimate of drug-likeness (QED) is 0.875. The van der Waals surface area contributed by atoms with Crippen molar-refractivity contribution in [3.63, 3.8) is 0 Å². The van der Waals surface area contributed by atoms with Gasteiger partial charge in [-0.2, -0.15) is 5.10 Å². The van der Waals surface area contributed by atoms with E-state index in [0.29, 0.717) is 5.69 Å². The predicted octanol–water partition coefficient (Wildman–Crippen LogP) is 3.16. The molecule has 2 amide bonds. The zero-order chi connectivity index (χ0) is 17.6. The summed E-state index contributed by atoms with van der Waals surface area (Å²) in [5.74, 6) is 0. The Balaban J connectivity index is 1.54. The molecular formula is C18H25N5O2. The van der Waals surface area contributed by atoms with E-state index in [1.807, 2.05) is 35.1 Å². The number of hydrogen-bond donors (Lipinski definition) is 2. The van der Waals surface area contributed by atoms with Gasteiger partial charge in [-0.1, -0.05) is 6.92 Å². The number of nitrogens with one attached hydrogen (secondary N) is 2. The molecule has 1 saturated heterocycles. The minimum atomic E-state index is -0.274. The van der Waals surface area contributed by atoms with Gasteiger partial charge in [0.1, 0.15) is 0 Å². The molecule has 2 aromatic rings. The molecule has 1 aliphatic heterocycles. The number of aryl methyl sites for hydroxylation is 1. The van der Waals surface area contributed by atoms with Crippen molar-refractivity contribution in [2.75, 3.05) is 35.2 Å². The Bertz CT molecular complexity index is 698. The number of aromatic nitrogens is 2. The van der Waals surface area contributed by atoms with E-state index in [1.54, 1.807) is 6.20 Å². The largest absolute Gasteiger partial charge is 0.375 e. The van der Waals surface area contributed by atoms with Gasteiger partial charge in [0.2, 0.25) is 0 Å². The molecule has 7 heteroatoms. The molecule has 0 radical (unpaired) electrons. The van der Waals surface area contributed by atoms with Crippen LogP contribution in [0.3, 0.4) is 0 Å². The Kier molecular flexibility index (Phi) is 5.55. The van der Waals surface area contributed by atoms with Crippen molar-refractivity contribution in [2.24, 2.45) is 0 Å². The summed E-state index contributed by atoms with van der Waals surface area (Å²) >= 11 is 0. The smallest absolute Gasteiger partial charge is 0.323 e. The number of rotatable bonds is 5. The van der Waals surface area contributed by atoms with Crippen molar-refractivity contribution in [3.05, 3.63) is 36.7 Å². The van der Waals surface area contributed by atoms with Crippen molar-refractivity contribution in [3.8, 4) is 0 Å². The number of urea groups is 1. The third kappa shape index (κ3) is 4.73. The van der Waals surface area contributed by atoms with Crippen LogP contribution in [-0.4, -0.2) is 41.6 Å². The first-order chi connectivity index (χ1) is 12.1. The summed E-state index contributed by atoms with van der Waals surface area (Å²) in [5, 5.41) is 9.83. The van der Waals surface area contributed by atoms with Crippen LogP contribution in [0.5, 0.6) is 0 Å². The fourth-order valence-electron chi connectivity index (χ4n) is 2.88. The lowest BCUT2D eigenvalue weighted by molar-refractivity contribution is 0.0532. The van der Waals surface area contributed by atoms with Gasteiger partial charge >= 0.3 is 6.03 Å². The van der Waals surface area contributed by atoms with Gasteiger partial charge in [0.25, 0.3) is 0 Å². The van der Waals surface area contributed by atoms with E-state index in [4.69, 9.17) is 4.74 Å². The molecule has 0 unspecified atom stereocenters. The van der Waals surface area contributed by atoms with E-state index in [-0.39, 0.29) is 12.1 Å². The third-order valence-corrected chi connectivity index (χ3v) is 4.08. The van der Waals surface area contributed by atoms with Gasteiger partial charge in [-0.15, -0.1) is 0 Å². The van der Waals surface area contributed by atoms with Crippen molar-refractivity contribution < 1.29 is 9.53 Å². The minimum Gasteiger partial charge on any atom is -0.375 e. The van der Waals surface area contributed by atoms with E-state index < -0.39 is 0 Å². The number of benzene rings is 1. The SMILES string of the molecule is CCCn1cc(NC(=O)Nc2ccc(N3CCO[C@H](C)C3)cc2)cn1. The first-order valence-electron chi connectivity index (χ1n) is 8.71. The summed E-state index contributed by atoms with van der Waals surface area (Å²) in [5.41, 5.74) is 2.58. The normalized spacial score (nSPS) is 17.4. The van der Waals surface area contributed by atoms with E-state index in [9.17, 15) is 4.79 Å². The molecule has 2 N–H and O–H groups in total. The Labute approximate surface area is 148 Å². The van der Waals surface area contributed by atoms with Crippen molar-refractivity contribution in [1.29, 1.82) is 0 Å². The van der Waals surface area contributed by atoms with Crippen molar-refractivity contribution in [1.82, 2.24) is 9.78 Å². The lowest BCUT2D eigenvalue weighted by Gasteiger charge is -2.33. The molecular weight excluding hydrogens is 318 g/mol. The van der Waals surface area contributed by atoms with Gasteiger partial charge in [0, 0.05) is 37.2 Å². The van der Waals surface area contributed by atoms with Gasteiger partial charge in [-0.3, -0.25) is 4.68 Å². The Morgan fingerprint density at radius 3 is 2.76 bits per heavy atom. The molecule has 7 nitrogen and oxygen atoms in total. The van der Waals surface area contributed by atoms with Crippen LogP contribution in [0.2, 0.25) is 0 Å². The number of nitrogens with zero attached hydrogens (tertiary/aromatic N) is 3. The van der Waals surface area contributed by atoms with Crippen molar-refractivity contribution in [2.45, 2.75) is 32.9 Å². The minimum absolute atomic E-state index is 0.242. The maximum Gasteiger partial charge on any atom is 0.323 e. The average molecular weight is 343 g/mol. The van der Waals surface area contributed by atoms with E-state index in [0.717, 1.165) is 44.0 Å². The molecule has 1 fully saturated rings. The number of amides is 2. The summed E-state index contributed by atoms with van der Waals surface area (Å²) < 4.78 is 7.38. The zero-order valence-electron chi connectivity index (χ0n) is 14.7. The van der Waals surface area contributed by atoms with Crippen LogP contribution in [0.4, 0.5) is 21.9 Å². The topological polar surface area (TPSA) is 71.4 Å². The molecule has 0 spiro atoms. The molecule has 134 valence electrons. The van der Waals surface area contributed by atoms with Gasteiger partial charge < -0.3 is 20.3 Å². The molecule has 1 aromatic carbocycles. The third-order valence-electron chi connectivity index (χ3n) is 4.08. The standard InChI is InChI=1S/C18H25N5O2/c1-3-8-23-13-16(11-19-23)21-18(24)20-15-4-6-17(7-5-15)22-9-10-25-14(2)12-22/h4-7,11,13-14H,3,8-10,12H2,1-2H3,(H2,20,21,24)/t14-/m1/s1. The number of carbonyl (C=O) groups is 1. The zero-order valence-corrected chi connectivity index (χ0v) is 14.7. The number of morpholine rings is 1. The maximum absolute atomic E-state index is 12.1. The molecule has 2 heterocycles. The second-order valence-corrected chi connectivity index (χ2v) is 6.25. The molecule has 0 saturated carbocycles. The summed E-state index contributed by atoms with van der Waals surface area (Å²) in [6, 6.07) is 7.59. The van der Waals surface area contributed by atoms with Gasteiger partial charge in [-0.05, 0) is 37.6 Å². The molecule has 1 atom stereocenters. The van der Waals surface area contributed by atoms with E-state index >= 15 is 0 Å². The highest BCUT2D eigenvalue weighted by atomic mass is 16.5. The summed E-state index contributed by atoms with van der Waals surface area (Å²) in [6.07, 6.45) is 4.72. The number of carbonyl (C=O) groups excluding carboxylic acids is 1. The highest BCUT2D eigenvalue weighted by Crippen LogP contribution is 2.20. The molecule has 0 bridgehead atoms. The van der Waals surface area contributed by atoms with Crippen LogP contribution in [0.15, 0.2) is 36.7 Å². The number of ether oxygens (including phenoxy) is 1. The highest BCUT2D eigenvalue weighted by Gasteiger charge is 2.16. The summed E-state index contributed by atoms with van der Waals surface area (Å²) in [6.45, 7) is 7.52. The number of anilines is 3. The van der Waals surface area contributed by atoms with Crippen molar-refractivity contribution >= 4 is 23.1 Å². The predicted molar refractivity (Wildman–Crippen MR) is 99.2 cm³/mol. The second kappa shape index (κ2) is 8.02. The molecule has 25 heavy (non-hydrogen) atoms. The summed E-state index contributed by atoms with van der Waals surface area (Å²) in [7, 11) is 0. The van der Waals surface area contributed by atoms with Crippen LogP contribution in [-0.2, 0) is 11.3 Å². The number of hydrogen-bond acceptors (Lipinski definition) is 4. The monoisotopic (exact) mass is 343 g/mol. The molecule has 1 aliphatic rings. The average Bonchev–Trinajstić information content (AvgIpc) is 3.03. The second-order valence-electron chi connectivity index (χ2n) is 6.25. The van der Waals surface area contributed by atoms with Crippen LogP contribution in [0.25, 0.3) is 0 Å². The van der Waals surface area contributed by atoms with Gasteiger partial charge in [-0.25, -0.2) is 4.79 Å². The Morgan fingerprint density at radius 2 is 2.04 bits per heavy atom. The van der Waals surface area contributed by atoms with Gasteiger partial charge in [0.05, 0.1) is 24.6 Å². The van der Waals surface area contributed by atoms with Crippen LogP contribution < -0.4 is 15.5 Å². The summed E-state index contributed by atoms with van der Waals surface area (Å²) in [4.78, 5) is 14.4. The maximum atomic E-state index is 12.1.